The van der Waals surface area contributed by atoms with Crippen molar-refractivity contribution in [1.29, 1.82) is 0 Å². The minimum atomic E-state index is 0.557. The largest absolute Gasteiger partial charge is 0.397 e. The zero-order chi connectivity index (χ0) is 13.8. The Kier molecular flexibility index (Phi) is 4.10. The second-order valence-corrected chi connectivity index (χ2v) is 5.28. The lowest BCUT2D eigenvalue weighted by molar-refractivity contribution is 0.861. The molecule has 2 aromatic rings. The Balaban J connectivity index is 2.15. The van der Waals surface area contributed by atoms with Gasteiger partial charge >= 0.3 is 0 Å². The number of nitrogens with one attached hydrogen (secondary N) is 1. The van der Waals surface area contributed by atoms with Crippen molar-refractivity contribution < 1.29 is 0 Å². The topological polar surface area (TPSA) is 38.0 Å². The number of nitrogen functional groups attached to an aromatic ring is 1. The van der Waals surface area contributed by atoms with E-state index in [9.17, 15) is 0 Å². The minimum absolute atomic E-state index is 0.557. The molecule has 0 saturated heterocycles. The van der Waals surface area contributed by atoms with Crippen molar-refractivity contribution in [1.82, 2.24) is 0 Å². The predicted molar refractivity (Wildman–Crippen MR) is 83.4 cm³/mol. The average Bonchev–Trinajstić information content (AvgIpc) is 2.39. The quantitative estimate of drug-likeness (QED) is 0.798. The van der Waals surface area contributed by atoms with Gasteiger partial charge in [-0.2, -0.15) is 0 Å². The van der Waals surface area contributed by atoms with E-state index in [4.69, 9.17) is 5.73 Å². The number of aryl methyl sites for hydroxylation is 1. The third-order valence-electron chi connectivity index (χ3n) is 3.47. The highest BCUT2D eigenvalue weighted by molar-refractivity contribution is 5.65. The van der Waals surface area contributed by atoms with E-state index >= 15 is 0 Å². The Labute approximate surface area is 115 Å². The zero-order valence-electron chi connectivity index (χ0n) is 11.9. The molecule has 0 saturated carbocycles. The summed E-state index contributed by atoms with van der Waals surface area (Å²) in [7, 11) is 0. The van der Waals surface area contributed by atoms with Crippen LogP contribution in [0.5, 0.6) is 0 Å². The van der Waals surface area contributed by atoms with Crippen LogP contribution in [0.1, 0.15) is 36.5 Å². The van der Waals surface area contributed by atoms with Crippen LogP contribution in [0.25, 0.3) is 0 Å². The lowest BCUT2D eigenvalue weighted by Crippen LogP contribution is -2.04. The first-order valence-electron chi connectivity index (χ1n) is 6.75. The summed E-state index contributed by atoms with van der Waals surface area (Å²) in [5.41, 5.74) is 11.7. The molecule has 100 valence electrons. The summed E-state index contributed by atoms with van der Waals surface area (Å²) in [5, 5.41) is 3.41. The summed E-state index contributed by atoms with van der Waals surface area (Å²) in [4.78, 5) is 0. The normalized spacial score (nSPS) is 10.7. The number of para-hydroxylation sites is 2. The van der Waals surface area contributed by atoms with E-state index in [1.807, 2.05) is 24.3 Å². The molecule has 0 fully saturated rings. The highest BCUT2D eigenvalue weighted by atomic mass is 14.9. The molecule has 2 rings (SSSR count). The van der Waals surface area contributed by atoms with Crippen molar-refractivity contribution in [3.63, 3.8) is 0 Å². The number of benzene rings is 2. The number of nitrogens with two attached hydrogens (primary N) is 1. The molecule has 19 heavy (non-hydrogen) atoms. The van der Waals surface area contributed by atoms with Crippen molar-refractivity contribution in [2.24, 2.45) is 0 Å². The van der Waals surface area contributed by atoms with Gasteiger partial charge in [0.15, 0.2) is 0 Å². The zero-order valence-corrected chi connectivity index (χ0v) is 11.9. The molecule has 2 nitrogen and oxygen atoms in total. The molecular formula is C17H22N2. The Morgan fingerprint density at radius 3 is 2.53 bits per heavy atom. The van der Waals surface area contributed by atoms with Gasteiger partial charge in [0.05, 0.1) is 11.4 Å². The second-order valence-electron chi connectivity index (χ2n) is 5.28. The fraction of sp³-hybridized carbons (Fsp3) is 0.294. The van der Waals surface area contributed by atoms with E-state index < -0.39 is 0 Å². The highest BCUT2D eigenvalue weighted by Gasteiger charge is 2.04. The van der Waals surface area contributed by atoms with Gasteiger partial charge in [0.1, 0.15) is 0 Å². The van der Waals surface area contributed by atoms with E-state index in [2.05, 4.69) is 44.3 Å². The van der Waals surface area contributed by atoms with Crippen LogP contribution < -0.4 is 11.1 Å². The lowest BCUT2D eigenvalue weighted by atomic mass is 9.98. The summed E-state index contributed by atoms with van der Waals surface area (Å²) in [5.74, 6) is 0.557. The first kappa shape index (κ1) is 13.5. The fourth-order valence-corrected chi connectivity index (χ4v) is 2.09. The molecule has 0 atom stereocenters. The molecule has 3 N–H and O–H groups in total. The van der Waals surface area contributed by atoms with Gasteiger partial charge in [0, 0.05) is 6.54 Å². The highest BCUT2D eigenvalue weighted by Crippen LogP contribution is 2.21. The van der Waals surface area contributed by atoms with Crippen molar-refractivity contribution in [3.8, 4) is 0 Å². The third-order valence-corrected chi connectivity index (χ3v) is 3.47. The number of hydrogen-bond acceptors (Lipinski definition) is 2. The molecule has 0 amide bonds. The van der Waals surface area contributed by atoms with Gasteiger partial charge in [-0.1, -0.05) is 44.2 Å². The fourth-order valence-electron chi connectivity index (χ4n) is 2.09. The molecule has 0 spiro atoms. The van der Waals surface area contributed by atoms with Gasteiger partial charge in [-0.15, -0.1) is 0 Å². The molecular weight excluding hydrogens is 232 g/mol. The van der Waals surface area contributed by atoms with Crippen LogP contribution in [0.15, 0.2) is 42.5 Å². The average molecular weight is 254 g/mol. The molecule has 0 aromatic heterocycles. The summed E-state index contributed by atoms with van der Waals surface area (Å²) >= 11 is 0. The van der Waals surface area contributed by atoms with Crippen LogP contribution in [-0.2, 0) is 6.54 Å². The van der Waals surface area contributed by atoms with E-state index in [-0.39, 0.29) is 0 Å². The van der Waals surface area contributed by atoms with E-state index in [0.29, 0.717) is 5.92 Å². The maximum absolute atomic E-state index is 5.94. The standard InChI is InChI=1S/C17H22N2/c1-12(2)14-9-8-13(3)15(10-14)11-19-17-7-5-4-6-16(17)18/h4-10,12,19H,11,18H2,1-3H3. The van der Waals surface area contributed by atoms with Gasteiger partial charge in [-0.3, -0.25) is 0 Å². The predicted octanol–water partition coefficient (Wildman–Crippen LogP) is 4.31. The van der Waals surface area contributed by atoms with E-state index in [1.165, 1.54) is 16.7 Å². The van der Waals surface area contributed by atoms with Crippen LogP contribution in [0.3, 0.4) is 0 Å². The maximum atomic E-state index is 5.94. The summed E-state index contributed by atoms with van der Waals surface area (Å²) < 4.78 is 0. The Hall–Kier alpha value is -1.96. The molecule has 0 radical (unpaired) electrons. The first-order valence-corrected chi connectivity index (χ1v) is 6.75. The van der Waals surface area contributed by atoms with Gasteiger partial charge in [-0.05, 0) is 41.7 Å². The molecule has 0 bridgehead atoms. The van der Waals surface area contributed by atoms with Gasteiger partial charge in [-0.25, -0.2) is 0 Å². The monoisotopic (exact) mass is 254 g/mol. The molecule has 0 heterocycles. The number of hydrogen-bond donors (Lipinski definition) is 2. The van der Waals surface area contributed by atoms with Gasteiger partial charge in [0.25, 0.3) is 0 Å². The Bertz CT molecular complexity index is 559. The van der Waals surface area contributed by atoms with Crippen LogP contribution in [0, 0.1) is 6.92 Å². The van der Waals surface area contributed by atoms with Crippen LogP contribution in [-0.4, -0.2) is 0 Å². The summed E-state index contributed by atoms with van der Waals surface area (Å²) in [6.07, 6.45) is 0. The third kappa shape index (κ3) is 3.28. The Morgan fingerprint density at radius 1 is 1.11 bits per heavy atom. The smallest absolute Gasteiger partial charge is 0.0576 e. The summed E-state index contributed by atoms with van der Waals surface area (Å²) in [6.45, 7) is 7.39. The molecule has 0 aliphatic carbocycles. The van der Waals surface area contributed by atoms with E-state index in [1.54, 1.807) is 0 Å². The molecule has 2 heteroatoms. The van der Waals surface area contributed by atoms with Gasteiger partial charge < -0.3 is 11.1 Å². The van der Waals surface area contributed by atoms with Crippen molar-refractivity contribution in [2.45, 2.75) is 33.2 Å². The lowest BCUT2D eigenvalue weighted by Gasteiger charge is -2.14. The Morgan fingerprint density at radius 2 is 1.84 bits per heavy atom. The second kappa shape index (κ2) is 5.79. The minimum Gasteiger partial charge on any atom is -0.397 e. The molecule has 0 unspecified atom stereocenters. The van der Waals surface area contributed by atoms with Crippen LogP contribution in [0.4, 0.5) is 11.4 Å². The number of rotatable bonds is 4. The van der Waals surface area contributed by atoms with Crippen molar-refractivity contribution in [3.05, 3.63) is 59.2 Å². The SMILES string of the molecule is Cc1ccc(C(C)C)cc1CNc1ccccc1N. The first-order chi connectivity index (χ1) is 9.08. The number of anilines is 2. The molecule has 2 aromatic carbocycles. The van der Waals surface area contributed by atoms with Gasteiger partial charge in [0.2, 0.25) is 0 Å². The van der Waals surface area contributed by atoms with E-state index in [0.717, 1.165) is 17.9 Å². The van der Waals surface area contributed by atoms with Crippen molar-refractivity contribution >= 4 is 11.4 Å². The van der Waals surface area contributed by atoms with Crippen LogP contribution >= 0.6 is 0 Å². The molecule has 0 aliphatic rings. The summed E-state index contributed by atoms with van der Waals surface area (Å²) in [6, 6.07) is 14.6. The van der Waals surface area contributed by atoms with Crippen LogP contribution in [0.2, 0.25) is 0 Å². The molecule has 0 aliphatic heterocycles. The maximum Gasteiger partial charge on any atom is 0.0576 e. The van der Waals surface area contributed by atoms with Crippen molar-refractivity contribution in [2.75, 3.05) is 11.1 Å².